The molecule has 0 aromatic rings. The Morgan fingerprint density at radius 3 is 2.62 bits per heavy atom. The average molecular weight is 302 g/mol. The Bertz CT molecular complexity index is 341. The average Bonchev–Trinajstić information content (AvgIpc) is 2.49. The maximum absolute atomic E-state index is 10.5. The number of carboxylic acid groups (broad SMARTS) is 1. The zero-order valence-corrected chi connectivity index (χ0v) is 13.1. The predicted octanol–water partition coefficient (Wildman–Crippen LogP) is 2.84. The molecule has 1 rings (SSSR count). The Kier molecular flexibility index (Phi) is 7.85. The zero-order valence-electron chi connectivity index (χ0n) is 13.1. The fraction of sp³-hybridized carbons (Fsp3) is 0.929. The van der Waals surface area contributed by atoms with E-state index in [9.17, 15) is 10.0 Å². The van der Waals surface area contributed by atoms with Gasteiger partial charge in [0.2, 0.25) is 0 Å². The second-order valence-electron chi connectivity index (χ2n) is 5.77. The van der Waals surface area contributed by atoms with Gasteiger partial charge in [-0.1, -0.05) is 13.3 Å². The van der Waals surface area contributed by atoms with Crippen LogP contribution in [0.15, 0.2) is 5.28 Å². The van der Waals surface area contributed by atoms with Gasteiger partial charge in [-0.15, -0.1) is 5.01 Å². The summed E-state index contributed by atoms with van der Waals surface area (Å²) in [6.45, 7) is 2.81. The second-order valence-corrected chi connectivity index (χ2v) is 5.77. The first-order valence-corrected chi connectivity index (χ1v) is 7.81. The summed E-state index contributed by atoms with van der Waals surface area (Å²) in [5.41, 5.74) is 0. The quantitative estimate of drug-likeness (QED) is 0.388. The molecule has 7 heteroatoms. The van der Waals surface area contributed by atoms with Crippen LogP contribution < -0.4 is 0 Å². The summed E-state index contributed by atoms with van der Waals surface area (Å²) in [4.78, 5) is 16.7. The normalized spacial score (nSPS) is 22.9. The van der Waals surface area contributed by atoms with Crippen molar-refractivity contribution in [3.63, 3.8) is 0 Å². The van der Waals surface area contributed by atoms with Crippen LogP contribution >= 0.6 is 0 Å². The van der Waals surface area contributed by atoms with Crippen molar-refractivity contribution >= 4 is 5.97 Å². The van der Waals surface area contributed by atoms with Gasteiger partial charge in [-0.25, -0.2) is 5.21 Å². The van der Waals surface area contributed by atoms with E-state index in [0.29, 0.717) is 5.92 Å². The number of nitrogens with zero attached hydrogens (tertiary/aromatic N) is 3. The van der Waals surface area contributed by atoms with E-state index < -0.39 is 5.97 Å². The summed E-state index contributed by atoms with van der Waals surface area (Å²) in [6, 6.07) is 0. The van der Waals surface area contributed by atoms with Crippen molar-refractivity contribution in [2.24, 2.45) is 11.2 Å². The van der Waals surface area contributed by atoms with E-state index >= 15 is 0 Å². The molecule has 0 aromatic carbocycles. The third-order valence-electron chi connectivity index (χ3n) is 3.97. The summed E-state index contributed by atoms with van der Waals surface area (Å²) >= 11 is 0. The Hall–Kier alpha value is -1.53. The molecule has 0 aromatic heterocycles. The lowest BCUT2D eigenvalue weighted by atomic mass is 9.84. The van der Waals surface area contributed by atoms with Crippen LogP contribution in [0.5, 0.6) is 0 Å². The molecule has 0 heterocycles. The first-order chi connectivity index (χ1) is 10.0. The largest absolute Gasteiger partial charge is 0.481 e. The highest BCUT2D eigenvalue weighted by Gasteiger charge is 2.24. The van der Waals surface area contributed by atoms with Gasteiger partial charge in [-0.3, -0.25) is 4.79 Å². The monoisotopic (exact) mass is 302 g/mol. The van der Waals surface area contributed by atoms with Gasteiger partial charge in [0.25, 0.3) is 10.2 Å². The van der Waals surface area contributed by atoms with Crippen LogP contribution in [0.4, 0.5) is 0 Å². The molecule has 0 amide bonds. The molecule has 0 radical (unpaired) electrons. The van der Waals surface area contributed by atoms with E-state index in [1.165, 1.54) is 0 Å². The van der Waals surface area contributed by atoms with E-state index in [2.05, 4.69) is 12.2 Å². The summed E-state index contributed by atoms with van der Waals surface area (Å²) in [6.07, 6.45) is 6.69. The van der Waals surface area contributed by atoms with Gasteiger partial charge < -0.3 is 9.94 Å². The zero-order chi connectivity index (χ0) is 15.7. The van der Waals surface area contributed by atoms with Crippen molar-refractivity contribution in [1.82, 2.24) is 5.01 Å². The van der Waals surface area contributed by atoms with Crippen LogP contribution in [0.2, 0.25) is 0 Å². The van der Waals surface area contributed by atoms with Crippen molar-refractivity contribution < 1.29 is 24.9 Å². The minimum atomic E-state index is -0.727. The molecule has 122 valence electrons. The SMILES string of the molecule is CCCCN(C)/[N+](O)=N/OC1CCC(CCC(=O)O)CC1. The van der Waals surface area contributed by atoms with Gasteiger partial charge in [0.1, 0.15) is 6.10 Å². The fourth-order valence-corrected chi connectivity index (χ4v) is 2.50. The maximum Gasteiger partial charge on any atom is 0.303 e. The fourth-order valence-electron chi connectivity index (χ4n) is 2.50. The number of hydrazine groups is 1. The molecule has 0 bridgehead atoms. The van der Waals surface area contributed by atoms with Crippen LogP contribution in [-0.4, -0.2) is 46.0 Å². The number of unbranched alkanes of at least 4 members (excludes halogenated alkanes) is 1. The number of hydrogen-bond donors (Lipinski definition) is 2. The smallest absolute Gasteiger partial charge is 0.303 e. The van der Waals surface area contributed by atoms with Crippen molar-refractivity contribution in [3.8, 4) is 0 Å². The van der Waals surface area contributed by atoms with Crippen LogP contribution in [0.25, 0.3) is 0 Å². The molecular weight excluding hydrogens is 274 g/mol. The Morgan fingerprint density at radius 1 is 1.38 bits per heavy atom. The standard InChI is InChI=1S/C14H27N3O4/c1-3-4-11-16(2)17(20)15-21-13-8-5-12(6-9-13)7-10-14(18)19/h12-13H,3-11H2,1-2H3,(H-,15,18,19,20)/p+1. The minimum Gasteiger partial charge on any atom is -0.481 e. The van der Waals surface area contributed by atoms with E-state index in [1.54, 1.807) is 12.1 Å². The first kappa shape index (κ1) is 17.5. The van der Waals surface area contributed by atoms with E-state index in [1.807, 2.05) is 0 Å². The number of carbonyl (C=O) groups is 1. The lowest BCUT2D eigenvalue weighted by Gasteiger charge is -2.25. The molecule has 2 N–H and O–H groups in total. The van der Waals surface area contributed by atoms with Crippen LogP contribution in [0, 0.1) is 5.92 Å². The van der Waals surface area contributed by atoms with Gasteiger partial charge >= 0.3 is 5.97 Å². The van der Waals surface area contributed by atoms with E-state index in [4.69, 9.17) is 9.94 Å². The third kappa shape index (κ3) is 7.15. The number of rotatable bonds is 9. The highest BCUT2D eigenvalue weighted by molar-refractivity contribution is 5.66. The molecule has 1 aliphatic rings. The number of aliphatic carboxylic acids is 1. The highest BCUT2D eigenvalue weighted by Crippen LogP contribution is 2.29. The Labute approximate surface area is 126 Å². The van der Waals surface area contributed by atoms with Crippen LogP contribution in [-0.2, 0) is 9.63 Å². The van der Waals surface area contributed by atoms with Gasteiger partial charge in [0.05, 0.1) is 13.6 Å². The van der Waals surface area contributed by atoms with Crippen molar-refractivity contribution in [2.75, 3.05) is 13.6 Å². The molecule has 0 saturated heterocycles. The maximum atomic E-state index is 10.5. The van der Waals surface area contributed by atoms with Crippen molar-refractivity contribution in [1.29, 1.82) is 0 Å². The summed E-state index contributed by atoms with van der Waals surface area (Å²) in [5, 5.41) is 23.7. The van der Waals surface area contributed by atoms with Crippen molar-refractivity contribution in [3.05, 3.63) is 0 Å². The lowest BCUT2D eigenvalue weighted by Crippen LogP contribution is -2.30. The Morgan fingerprint density at radius 2 is 2.05 bits per heavy atom. The molecule has 0 spiro atoms. The molecule has 0 unspecified atom stereocenters. The first-order valence-electron chi connectivity index (χ1n) is 7.81. The van der Waals surface area contributed by atoms with E-state index in [0.717, 1.165) is 56.5 Å². The van der Waals surface area contributed by atoms with Crippen LogP contribution in [0.1, 0.15) is 58.3 Å². The molecule has 1 fully saturated rings. The molecule has 0 aliphatic heterocycles. The summed E-state index contributed by atoms with van der Waals surface area (Å²) in [5.74, 6) is -0.257. The molecule has 1 saturated carbocycles. The number of hydrogen-bond acceptors (Lipinski definition) is 3. The molecule has 7 nitrogen and oxygen atoms in total. The molecule has 1 aliphatic carbocycles. The predicted molar refractivity (Wildman–Crippen MR) is 75.7 cm³/mol. The van der Waals surface area contributed by atoms with Gasteiger partial charge in [0, 0.05) is 6.42 Å². The number of carboxylic acids is 1. The molecule has 21 heavy (non-hydrogen) atoms. The summed E-state index contributed by atoms with van der Waals surface area (Å²) in [7, 11) is 1.76. The summed E-state index contributed by atoms with van der Waals surface area (Å²) < 4.78 is 0. The van der Waals surface area contributed by atoms with Crippen molar-refractivity contribution in [2.45, 2.75) is 64.4 Å². The van der Waals surface area contributed by atoms with Crippen LogP contribution in [0.3, 0.4) is 0 Å². The molecule has 0 atom stereocenters. The van der Waals surface area contributed by atoms with E-state index in [-0.39, 0.29) is 12.5 Å². The lowest BCUT2D eigenvalue weighted by molar-refractivity contribution is -0.938. The minimum absolute atomic E-state index is 0.0142. The van der Waals surface area contributed by atoms with Gasteiger partial charge in [-0.05, 0) is 44.4 Å². The van der Waals surface area contributed by atoms with Gasteiger partial charge in [0.15, 0.2) is 0 Å². The second kappa shape index (κ2) is 9.41. The Balaban J connectivity index is 2.24. The topological polar surface area (TPSA) is 85.4 Å². The molecular formula is C14H28N3O4+. The highest BCUT2D eigenvalue weighted by atomic mass is 16.7. The van der Waals surface area contributed by atoms with Gasteiger partial charge in [-0.2, -0.15) is 0 Å². The third-order valence-corrected chi connectivity index (χ3v) is 3.97.